The Hall–Kier alpha value is -1.46. The number of hydrogen-bond acceptors (Lipinski definition) is 4. The molecular formula is C20H25FN2OS. The van der Waals surface area contributed by atoms with Gasteiger partial charge in [-0.2, -0.15) is 0 Å². The molecule has 1 aromatic heterocycles. The Morgan fingerprint density at radius 3 is 2.60 bits per heavy atom. The van der Waals surface area contributed by atoms with Crippen LogP contribution in [0.25, 0.3) is 11.3 Å². The summed E-state index contributed by atoms with van der Waals surface area (Å²) in [5.41, 5.74) is 1.31. The second kappa shape index (κ2) is 7.42. The van der Waals surface area contributed by atoms with Crippen LogP contribution in [0.2, 0.25) is 0 Å². The van der Waals surface area contributed by atoms with Crippen LogP contribution in [-0.4, -0.2) is 36.1 Å². The summed E-state index contributed by atoms with van der Waals surface area (Å²) < 4.78 is 19.4. The van der Waals surface area contributed by atoms with Crippen LogP contribution in [0.1, 0.15) is 49.5 Å². The van der Waals surface area contributed by atoms with Gasteiger partial charge in [0.15, 0.2) is 0 Å². The van der Waals surface area contributed by atoms with Gasteiger partial charge in [0.25, 0.3) is 0 Å². The molecule has 2 aromatic rings. The van der Waals surface area contributed by atoms with Crippen molar-refractivity contribution in [1.82, 2.24) is 9.88 Å². The summed E-state index contributed by atoms with van der Waals surface area (Å²) in [4.78, 5) is 7.44. The molecule has 2 fully saturated rings. The van der Waals surface area contributed by atoms with Crippen LogP contribution in [0.15, 0.2) is 23.6 Å². The van der Waals surface area contributed by atoms with Crippen LogP contribution >= 0.6 is 11.3 Å². The van der Waals surface area contributed by atoms with Gasteiger partial charge < -0.3 is 9.64 Å². The van der Waals surface area contributed by atoms with Crippen molar-refractivity contribution in [2.45, 2.75) is 50.5 Å². The Kier molecular flexibility index (Phi) is 5.04. The minimum absolute atomic E-state index is 0.271. The lowest BCUT2D eigenvalue weighted by atomic mass is 9.96. The third-order valence-electron chi connectivity index (χ3n) is 5.69. The fourth-order valence-electron chi connectivity index (χ4n) is 4.21. The third kappa shape index (κ3) is 3.58. The second-order valence-corrected chi connectivity index (χ2v) is 8.05. The molecule has 134 valence electrons. The van der Waals surface area contributed by atoms with E-state index in [9.17, 15) is 4.39 Å². The monoisotopic (exact) mass is 360 g/mol. The second-order valence-electron chi connectivity index (χ2n) is 7.17. The van der Waals surface area contributed by atoms with Crippen molar-refractivity contribution in [1.29, 1.82) is 0 Å². The zero-order valence-corrected chi connectivity index (χ0v) is 15.5. The van der Waals surface area contributed by atoms with Gasteiger partial charge in [0.1, 0.15) is 11.6 Å². The van der Waals surface area contributed by atoms with Crippen LogP contribution in [0.4, 0.5) is 4.39 Å². The first-order chi connectivity index (χ1) is 12.2. The molecule has 1 saturated carbocycles. The number of piperidine rings is 1. The van der Waals surface area contributed by atoms with Crippen LogP contribution in [-0.2, 0) is 0 Å². The number of ether oxygens (including phenoxy) is 1. The summed E-state index contributed by atoms with van der Waals surface area (Å²) in [6, 6.07) is 5.79. The summed E-state index contributed by atoms with van der Waals surface area (Å²) in [7, 11) is 1.55. The fourth-order valence-corrected chi connectivity index (χ4v) is 5.20. The molecule has 0 unspecified atom stereocenters. The molecule has 1 aliphatic carbocycles. The summed E-state index contributed by atoms with van der Waals surface area (Å²) in [5, 5.41) is 3.15. The molecule has 0 atom stereocenters. The van der Waals surface area contributed by atoms with E-state index in [1.807, 2.05) is 5.38 Å². The first kappa shape index (κ1) is 17.0. The number of aromatic nitrogens is 1. The Morgan fingerprint density at radius 2 is 1.92 bits per heavy atom. The minimum Gasteiger partial charge on any atom is -0.497 e. The predicted octanol–water partition coefficient (Wildman–Crippen LogP) is 5.08. The minimum atomic E-state index is -0.271. The number of rotatable bonds is 4. The summed E-state index contributed by atoms with van der Waals surface area (Å²) >= 11 is 1.68. The number of methoxy groups -OCH3 is 1. The standard InChI is InChI=1S/C20H25FN2OS/c1-24-16-6-7-17(18(21)12-16)19-13-25-20(22-19)14-8-10-23(11-9-14)15-4-2-3-5-15/h6-7,12-15H,2-5,8-11H2,1H3. The Bertz CT molecular complexity index is 718. The quantitative estimate of drug-likeness (QED) is 0.760. The van der Waals surface area contributed by atoms with E-state index in [-0.39, 0.29) is 5.82 Å². The Morgan fingerprint density at radius 1 is 1.16 bits per heavy atom. The maximum atomic E-state index is 14.3. The number of nitrogens with zero attached hydrogens (tertiary/aromatic N) is 2. The van der Waals surface area contributed by atoms with Gasteiger partial charge in [0.05, 0.1) is 17.8 Å². The van der Waals surface area contributed by atoms with Crippen molar-refractivity contribution >= 4 is 11.3 Å². The highest BCUT2D eigenvalue weighted by atomic mass is 32.1. The third-order valence-corrected chi connectivity index (χ3v) is 6.70. The fraction of sp³-hybridized carbons (Fsp3) is 0.550. The molecule has 0 bridgehead atoms. The summed E-state index contributed by atoms with van der Waals surface area (Å²) in [6.45, 7) is 2.36. The maximum Gasteiger partial charge on any atom is 0.136 e. The van der Waals surface area contributed by atoms with E-state index >= 15 is 0 Å². The number of halogens is 1. The number of hydrogen-bond donors (Lipinski definition) is 0. The van der Waals surface area contributed by atoms with E-state index in [4.69, 9.17) is 9.72 Å². The van der Waals surface area contributed by atoms with E-state index in [0.717, 1.165) is 16.7 Å². The molecule has 5 heteroatoms. The highest BCUT2D eigenvalue weighted by molar-refractivity contribution is 7.10. The summed E-state index contributed by atoms with van der Waals surface area (Å²) in [6.07, 6.45) is 7.90. The zero-order valence-electron chi connectivity index (χ0n) is 14.7. The average molecular weight is 360 g/mol. The van der Waals surface area contributed by atoms with Crippen molar-refractivity contribution in [2.75, 3.05) is 20.2 Å². The van der Waals surface area contributed by atoms with Crippen LogP contribution in [0, 0.1) is 5.82 Å². The molecule has 1 aliphatic heterocycles. The lowest BCUT2D eigenvalue weighted by Gasteiger charge is -2.35. The van der Waals surface area contributed by atoms with Gasteiger partial charge in [-0.1, -0.05) is 12.8 Å². The normalized spacial score (nSPS) is 20.2. The van der Waals surface area contributed by atoms with Crippen molar-refractivity contribution in [3.05, 3.63) is 34.4 Å². The molecular weight excluding hydrogens is 335 g/mol. The van der Waals surface area contributed by atoms with E-state index in [2.05, 4.69) is 4.90 Å². The molecule has 0 amide bonds. The smallest absolute Gasteiger partial charge is 0.136 e. The molecule has 0 radical (unpaired) electrons. The first-order valence-electron chi connectivity index (χ1n) is 9.28. The topological polar surface area (TPSA) is 25.4 Å². The first-order valence-corrected chi connectivity index (χ1v) is 10.2. The van der Waals surface area contributed by atoms with Crippen molar-refractivity contribution in [3.63, 3.8) is 0 Å². The van der Waals surface area contributed by atoms with E-state index in [1.54, 1.807) is 30.6 Å². The number of thiazole rings is 1. The van der Waals surface area contributed by atoms with Gasteiger partial charge in [-0.25, -0.2) is 9.37 Å². The molecule has 0 spiro atoms. The number of benzene rings is 1. The SMILES string of the molecule is COc1ccc(-c2csc(C3CCN(C4CCCC4)CC3)n2)c(F)c1. The van der Waals surface area contributed by atoms with Crippen molar-refractivity contribution in [3.8, 4) is 17.0 Å². The lowest BCUT2D eigenvalue weighted by molar-refractivity contribution is 0.154. The molecule has 25 heavy (non-hydrogen) atoms. The molecule has 2 heterocycles. The molecule has 4 rings (SSSR count). The van der Waals surface area contributed by atoms with E-state index in [1.165, 1.54) is 57.7 Å². The Balaban J connectivity index is 1.43. The van der Waals surface area contributed by atoms with Gasteiger partial charge in [-0.05, 0) is 50.9 Å². The van der Waals surface area contributed by atoms with Gasteiger partial charge in [0, 0.05) is 29.0 Å². The van der Waals surface area contributed by atoms with Gasteiger partial charge >= 0.3 is 0 Å². The Labute approximate surface area is 152 Å². The predicted molar refractivity (Wildman–Crippen MR) is 99.9 cm³/mol. The highest BCUT2D eigenvalue weighted by Crippen LogP contribution is 2.36. The molecule has 1 saturated heterocycles. The van der Waals surface area contributed by atoms with Crippen LogP contribution in [0.3, 0.4) is 0 Å². The lowest BCUT2D eigenvalue weighted by Crippen LogP contribution is -2.39. The molecule has 2 aliphatic rings. The van der Waals surface area contributed by atoms with Crippen molar-refractivity contribution in [2.24, 2.45) is 0 Å². The van der Waals surface area contributed by atoms with Gasteiger partial charge in [0.2, 0.25) is 0 Å². The summed E-state index contributed by atoms with van der Waals surface area (Å²) in [5.74, 6) is 0.793. The molecule has 3 nitrogen and oxygen atoms in total. The maximum absolute atomic E-state index is 14.3. The van der Waals surface area contributed by atoms with Crippen LogP contribution in [0.5, 0.6) is 5.75 Å². The van der Waals surface area contributed by atoms with Crippen LogP contribution < -0.4 is 4.74 Å². The van der Waals surface area contributed by atoms with Gasteiger partial charge in [-0.15, -0.1) is 11.3 Å². The average Bonchev–Trinajstić information content (AvgIpc) is 3.34. The van der Waals surface area contributed by atoms with Crippen molar-refractivity contribution < 1.29 is 9.13 Å². The highest BCUT2D eigenvalue weighted by Gasteiger charge is 2.29. The van der Waals surface area contributed by atoms with E-state index in [0.29, 0.717) is 17.2 Å². The molecule has 0 N–H and O–H groups in total. The molecule has 1 aromatic carbocycles. The largest absolute Gasteiger partial charge is 0.497 e. The zero-order chi connectivity index (χ0) is 17.2. The van der Waals surface area contributed by atoms with Gasteiger partial charge in [-0.3, -0.25) is 0 Å². The van der Waals surface area contributed by atoms with E-state index < -0.39 is 0 Å². The number of likely N-dealkylation sites (tertiary alicyclic amines) is 1.